The average Bonchev–Trinajstić information content (AvgIpc) is 2.41. The Morgan fingerprint density at radius 2 is 2.17 bits per heavy atom. The second-order valence-corrected chi connectivity index (χ2v) is 5.23. The van der Waals surface area contributed by atoms with Gasteiger partial charge in [0.05, 0.1) is 5.92 Å². The van der Waals surface area contributed by atoms with Gasteiger partial charge in [-0.3, -0.25) is 4.79 Å². The SMILES string of the molecule is CC1CCCN(C(=O)C(CN)c2ccccc2)C1. The molecule has 0 saturated carbocycles. The van der Waals surface area contributed by atoms with Crippen LogP contribution in [0.3, 0.4) is 0 Å². The first-order valence-corrected chi connectivity index (χ1v) is 6.76. The molecule has 2 atom stereocenters. The Morgan fingerprint density at radius 1 is 1.44 bits per heavy atom. The number of piperidine rings is 1. The van der Waals surface area contributed by atoms with Crippen LogP contribution in [0.2, 0.25) is 0 Å². The maximum absolute atomic E-state index is 12.5. The predicted molar refractivity (Wildman–Crippen MR) is 73.2 cm³/mol. The second kappa shape index (κ2) is 6.01. The Kier molecular flexibility index (Phi) is 4.37. The molecule has 18 heavy (non-hydrogen) atoms. The van der Waals surface area contributed by atoms with E-state index in [0.717, 1.165) is 25.1 Å². The minimum absolute atomic E-state index is 0.184. The van der Waals surface area contributed by atoms with Gasteiger partial charge in [0.1, 0.15) is 0 Å². The molecule has 2 unspecified atom stereocenters. The van der Waals surface area contributed by atoms with Gasteiger partial charge in [0, 0.05) is 19.6 Å². The molecule has 2 rings (SSSR count). The van der Waals surface area contributed by atoms with Crippen molar-refractivity contribution in [3.8, 4) is 0 Å². The molecule has 1 aromatic carbocycles. The van der Waals surface area contributed by atoms with E-state index in [0.29, 0.717) is 12.5 Å². The van der Waals surface area contributed by atoms with Crippen LogP contribution in [0.15, 0.2) is 30.3 Å². The molecule has 1 saturated heterocycles. The molecular formula is C15H22N2O. The highest BCUT2D eigenvalue weighted by Gasteiger charge is 2.27. The molecule has 3 nitrogen and oxygen atoms in total. The molecule has 1 amide bonds. The summed E-state index contributed by atoms with van der Waals surface area (Å²) in [5.41, 5.74) is 6.83. The van der Waals surface area contributed by atoms with E-state index in [2.05, 4.69) is 6.92 Å². The molecule has 1 aromatic rings. The highest BCUT2D eigenvalue weighted by Crippen LogP contribution is 2.22. The van der Waals surface area contributed by atoms with Crippen molar-refractivity contribution in [2.24, 2.45) is 11.7 Å². The Bertz CT molecular complexity index is 391. The average molecular weight is 246 g/mol. The Balaban J connectivity index is 2.10. The third kappa shape index (κ3) is 2.91. The van der Waals surface area contributed by atoms with Crippen molar-refractivity contribution in [1.29, 1.82) is 0 Å². The summed E-state index contributed by atoms with van der Waals surface area (Å²) >= 11 is 0. The molecule has 98 valence electrons. The zero-order valence-corrected chi connectivity index (χ0v) is 11.0. The zero-order chi connectivity index (χ0) is 13.0. The summed E-state index contributed by atoms with van der Waals surface area (Å²) in [5.74, 6) is 0.614. The van der Waals surface area contributed by atoms with Crippen LogP contribution >= 0.6 is 0 Å². The Morgan fingerprint density at radius 3 is 2.78 bits per heavy atom. The van der Waals surface area contributed by atoms with E-state index in [-0.39, 0.29) is 11.8 Å². The van der Waals surface area contributed by atoms with Gasteiger partial charge >= 0.3 is 0 Å². The number of hydrogen-bond donors (Lipinski definition) is 1. The van der Waals surface area contributed by atoms with Crippen molar-refractivity contribution < 1.29 is 4.79 Å². The van der Waals surface area contributed by atoms with E-state index >= 15 is 0 Å². The first kappa shape index (κ1) is 13.1. The van der Waals surface area contributed by atoms with Crippen molar-refractivity contribution in [2.45, 2.75) is 25.7 Å². The van der Waals surface area contributed by atoms with Gasteiger partial charge in [-0.25, -0.2) is 0 Å². The molecule has 1 aliphatic rings. The standard InChI is InChI=1S/C15H22N2O/c1-12-6-5-9-17(11-12)15(18)14(10-16)13-7-3-2-4-8-13/h2-4,7-8,12,14H,5-6,9-11,16H2,1H3. The molecule has 1 aliphatic heterocycles. The first-order valence-electron chi connectivity index (χ1n) is 6.76. The van der Waals surface area contributed by atoms with Gasteiger partial charge in [-0.05, 0) is 24.3 Å². The van der Waals surface area contributed by atoms with Crippen molar-refractivity contribution in [1.82, 2.24) is 4.90 Å². The van der Waals surface area contributed by atoms with E-state index in [9.17, 15) is 4.79 Å². The number of carbonyl (C=O) groups is 1. The number of nitrogens with zero attached hydrogens (tertiary/aromatic N) is 1. The van der Waals surface area contributed by atoms with Crippen molar-refractivity contribution in [2.75, 3.05) is 19.6 Å². The largest absolute Gasteiger partial charge is 0.342 e. The summed E-state index contributed by atoms with van der Waals surface area (Å²) in [6, 6.07) is 9.87. The number of amides is 1. The van der Waals surface area contributed by atoms with E-state index in [4.69, 9.17) is 5.73 Å². The van der Waals surface area contributed by atoms with Gasteiger partial charge in [0.25, 0.3) is 0 Å². The fourth-order valence-corrected chi connectivity index (χ4v) is 2.67. The van der Waals surface area contributed by atoms with Crippen LogP contribution in [-0.2, 0) is 4.79 Å². The zero-order valence-electron chi connectivity index (χ0n) is 11.0. The molecule has 0 bridgehead atoms. The molecule has 3 heteroatoms. The van der Waals surface area contributed by atoms with Crippen LogP contribution in [0.4, 0.5) is 0 Å². The number of likely N-dealkylation sites (tertiary alicyclic amines) is 1. The van der Waals surface area contributed by atoms with Crippen LogP contribution in [0.1, 0.15) is 31.2 Å². The Hall–Kier alpha value is -1.35. The topological polar surface area (TPSA) is 46.3 Å². The monoisotopic (exact) mass is 246 g/mol. The predicted octanol–water partition coefficient (Wildman–Crippen LogP) is 1.99. The van der Waals surface area contributed by atoms with Gasteiger partial charge in [0.15, 0.2) is 0 Å². The maximum Gasteiger partial charge on any atom is 0.231 e. The lowest BCUT2D eigenvalue weighted by Crippen LogP contribution is -2.43. The first-order chi connectivity index (χ1) is 8.72. The quantitative estimate of drug-likeness (QED) is 0.886. The van der Waals surface area contributed by atoms with Crippen LogP contribution in [0.5, 0.6) is 0 Å². The molecule has 0 spiro atoms. The Labute approximate surface area is 109 Å². The highest BCUT2D eigenvalue weighted by molar-refractivity contribution is 5.84. The van der Waals surface area contributed by atoms with E-state index in [1.54, 1.807) is 0 Å². The lowest BCUT2D eigenvalue weighted by Gasteiger charge is -2.33. The number of rotatable bonds is 3. The summed E-state index contributed by atoms with van der Waals surface area (Å²) in [6.07, 6.45) is 2.33. The lowest BCUT2D eigenvalue weighted by atomic mass is 9.94. The normalized spacial score (nSPS) is 21.7. The molecule has 0 aromatic heterocycles. The van der Waals surface area contributed by atoms with Crippen molar-refractivity contribution >= 4 is 5.91 Å². The molecular weight excluding hydrogens is 224 g/mol. The number of carbonyl (C=O) groups excluding carboxylic acids is 1. The maximum atomic E-state index is 12.5. The smallest absolute Gasteiger partial charge is 0.231 e. The van der Waals surface area contributed by atoms with Crippen LogP contribution in [0.25, 0.3) is 0 Å². The summed E-state index contributed by atoms with van der Waals surface area (Å²) < 4.78 is 0. The fourth-order valence-electron chi connectivity index (χ4n) is 2.67. The second-order valence-electron chi connectivity index (χ2n) is 5.23. The van der Waals surface area contributed by atoms with E-state index in [1.165, 1.54) is 6.42 Å². The van der Waals surface area contributed by atoms with Crippen LogP contribution < -0.4 is 5.73 Å². The highest BCUT2D eigenvalue weighted by atomic mass is 16.2. The van der Waals surface area contributed by atoms with Gasteiger partial charge in [0.2, 0.25) is 5.91 Å². The van der Waals surface area contributed by atoms with E-state index < -0.39 is 0 Å². The van der Waals surface area contributed by atoms with Gasteiger partial charge in [-0.15, -0.1) is 0 Å². The lowest BCUT2D eigenvalue weighted by molar-refractivity contribution is -0.134. The minimum atomic E-state index is -0.184. The van der Waals surface area contributed by atoms with Crippen molar-refractivity contribution in [3.05, 3.63) is 35.9 Å². The number of benzene rings is 1. The van der Waals surface area contributed by atoms with Crippen LogP contribution in [0, 0.1) is 5.92 Å². The molecule has 0 radical (unpaired) electrons. The third-order valence-electron chi connectivity index (χ3n) is 3.70. The summed E-state index contributed by atoms with van der Waals surface area (Å²) in [5, 5.41) is 0. The van der Waals surface area contributed by atoms with Gasteiger partial charge < -0.3 is 10.6 Å². The molecule has 2 N–H and O–H groups in total. The fraction of sp³-hybridized carbons (Fsp3) is 0.533. The van der Waals surface area contributed by atoms with E-state index in [1.807, 2.05) is 35.2 Å². The van der Waals surface area contributed by atoms with Gasteiger partial charge in [-0.2, -0.15) is 0 Å². The summed E-state index contributed by atoms with van der Waals surface area (Å²) in [4.78, 5) is 14.5. The molecule has 0 aliphatic carbocycles. The number of hydrogen-bond acceptors (Lipinski definition) is 2. The van der Waals surface area contributed by atoms with Gasteiger partial charge in [-0.1, -0.05) is 37.3 Å². The molecule has 1 heterocycles. The number of nitrogens with two attached hydrogens (primary N) is 1. The summed E-state index contributed by atoms with van der Waals surface area (Å²) in [7, 11) is 0. The summed E-state index contributed by atoms with van der Waals surface area (Å²) in [6.45, 7) is 4.35. The molecule has 1 fully saturated rings. The van der Waals surface area contributed by atoms with Crippen molar-refractivity contribution in [3.63, 3.8) is 0 Å². The minimum Gasteiger partial charge on any atom is -0.342 e. The third-order valence-corrected chi connectivity index (χ3v) is 3.70. The van der Waals surface area contributed by atoms with Crippen LogP contribution in [-0.4, -0.2) is 30.4 Å².